The van der Waals surface area contributed by atoms with Crippen LogP contribution in [0, 0.1) is 9.49 Å². The highest BCUT2D eigenvalue weighted by Crippen LogP contribution is 2.37. The molecule has 1 saturated carbocycles. The van der Waals surface area contributed by atoms with Crippen LogP contribution in [0.1, 0.15) is 23.6 Å². The Hall–Kier alpha value is -2.27. The molecule has 3 aromatic rings. The van der Waals surface area contributed by atoms with Crippen LogP contribution in [0.3, 0.4) is 0 Å². The molecule has 2 N–H and O–H groups in total. The zero-order chi connectivity index (χ0) is 22.5. The number of aromatic amines is 1. The van der Waals surface area contributed by atoms with Crippen molar-refractivity contribution in [1.29, 1.82) is 0 Å². The topological polar surface area (TPSA) is 93.6 Å². The van der Waals surface area contributed by atoms with E-state index in [0.29, 0.717) is 29.8 Å². The highest BCUT2D eigenvalue weighted by atomic mass is 127. The largest absolute Gasteiger partial charge is 0.388 e. The molecule has 4 atom stereocenters. The molecule has 0 bridgehead atoms. The normalized spacial score (nSPS) is 22.8. The number of aliphatic hydroxyl groups is 1. The number of hydrogen-bond donors (Lipinski definition) is 2. The van der Waals surface area contributed by atoms with Crippen LogP contribution in [0.15, 0.2) is 76.4 Å². The van der Waals surface area contributed by atoms with E-state index in [4.69, 9.17) is 9.47 Å². The van der Waals surface area contributed by atoms with Gasteiger partial charge in [0.25, 0.3) is 5.56 Å². The van der Waals surface area contributed by atoms with Crippen LogP contribution in [-0.2, 0) is 22.7 Å². The molecular formula is C24H25IN2O5. The van der Waals surface area contributed by atoms with Crippen molar-refractivity contribution in [1.82, 2.24) is 9.55 Å². The highest BCUT2D eigenvalue weighted by molar-refractivity contribution is 14.1. The minimum atomic E-state index is -0.913. The second kappa shape index (κ2) is 10.6. The smallest absolute Gasteiger partial charge is 0.328 e. The zero-order valence-electron chi connectivity index (χ0n) is 17.4. The molecule has 0 saturated heterocycles. The van der Waals surface area contributed by atoms with Gasteiger partial charge in [-0.2, -0.15) is 0 Å². The Morgan fingerprint density at radius 1 is 1.00 bits per heavy atom. The lowest BCUT2D eigenvalue weighted by Crippen LogP contribution is -2.39. The Morgan fingerprint density at radius 2 is 1.62 bits per heavy atom. The Labute approximate surface area is 199 Å². The highest BCUT2D eigenvalue weighted by Gasteiger charge is 2.44. The fourth-order valence-corrected chi connectivity index (χ4v) is 4.57. The van der Waals surface area contributed by atoms with E-state index in [1.54, 1.807) is 0 Å². The van der Waals surface area contributed by atoms with E-state index < -0.39 is 29.5 Å². The first-order valence-corrected chi connectivity index (χ1v) is 11.6. The molecule has 1 aromatic heterocycles. The van der Waals surface area contributed by atoms with Gasteiger partial charge < -0.3 is 14.6 Å². The zero-order valence-corrected chi connectivity index (χ0v) is 19.6. The van der Waals surface area contributed by atoms with Gasteiger partial charge in [-0.05, 0) is 40.1 Å². The van der Waals surface area contributed by atoms with Crippen molar-refractivity contribution in [3.05, 3.63) is 102 Å². The third-order valence-electron chi connectivity index (χ3n) is 5.75. The second-order valence-corrected chi connectivity index (χ2v) is 9.12. The molecule has 4 unspecified atom stereocenters. The minimum Gasteiger partial charge on any atom is -0.388 e. The molecule has 0 amide bonds. The third kappa shape index (κ3) is 5.37. The van der Waals surface area contributed by atoms with Gasteiger partial charge in [0, 0.05) is 12.1 Å². The molecule has 1 heterocycles. The van der Waals surface area contributed by atoms with Crippen molar-refractivity contribution in [2.75, 3.05) is 6.61 Å². The SMILES string of the molecule is O=c1[nH]c(=O)n(C2CC(COCc3ccccc3)C(OCc3ccccc3)C2O)cc1I. The number of nitrogens with one attached hydrogen (secondary N) is 1. The molecule has 1 fully saturated rings. The fourth-order valence-electron chi connectivity index (χ4n) is 4.13. The lowest BCUT2D eigenvalue weighted by molar-refractivity contribution is -0.0717. The number of hydrogen-bond acceptors (Lipinski definition) is 5. The number of H-pyrrole nitrogens is 1. The number of ether oxygens (including phenoxy) is 2. The molecule has 8 heteroatoms. The summed E-state index contributed by atoms with van der Waals surface area (Å²) < 4.78 is 13.9. The number of aromatic nitrogens is 2. The van der Waals surface area contributed by atoms with E-state index in [1.807, 2.05) is 83.3 Å². The van der Waals surface area contributed by atoms with E-state index in [2.05, 4.69) is 4.98 Å². The molecule has 1 aliphatic carbocycles. The lowest BCUT2D eigenvalue weighted by Gasteiger charge is -2.24. The van der Waals surface area contributed by atoms with Crippen LogP contribution >= 0.6 is 22.6 Å². The summed E-state index contributed by atoms with van der Waals surface area (Å²) >= 11 is 1.88. The van der Waals surface area contributed by atoms with Gasteiger partial charge >= 0.3 is 5.69 Å². The first-order chi connectivity index (χ1) is 15.5. The summed E-state index contributed by atoms with van der Waals surface area (Å²) in [5.74, 6) is -0.112. The van der Waals surface area contributed by atoms with Gasteiger partial charge in [0.2, 0.25) is 0 Å². The van der Waals surface area contributed by atoms with Gasteiger partial charge in [0.15, 0.2) is 0 Å². The minimum absolute atomic E-state index is 0.112. The van der Waals surface area contributed by atoms with E-state index in [0.717, 1.165) is 11.1 Å². The number of halogens is 1. The van der Waals surface area contributed by atoms with Gasteiger partial charge in [-0.1, -0.05) is 60.7 Å². The maximum absolute atomic E-state index is 12.4. The van der Waals surface area contributed by atoms with Crippen molar-refractivity contribution in [2.24, 2.45) is 5.92 Å². The van der Waals surface area contributed by atoms with Crippen LogP contribution in [-0.4, -0.2) is 33.5 Å². The summed E-state index contributed by atoms with van der Waals surface area (Å²) in [7, 11) is 0. The third-order valence-corrected chi connectivity index (χ3v) is 6.52. The first kappa shape index (κ1) is 22.9. The molecule has 0 radical (unpaired) electrons. The van der Waals surface area contributed by atoms with Gasteiger partial charge in [0.1, 0.15) is 6.10 Å². The summed E-state index contributed by atoms with van der Waals surface area (Å²) in [5.41, 5.74) is 1.10. The Bertz CT molecular complexity index is 1130. The Kier molecular flexibility index (Phi) is 7.56. The molecule has 4 rings (SSSR count). The van der Waals surface area contributed by atoms with Crippen LogP contribution < -0.4 is 11.2 Å². The average Bonchev–Trinajstić information content (AvgIpc) is 3.11. The molecule has 32 heavy (non-hydrogen) atoms. The second-order valence-electron chi connectivity index (χ2n) is 7.96. The summed E-state index contributed by atoms with van der Waals surface area (Å²) in [4.78, 5) is 26.5. The standard InChI is InChI=1S/C24H25IN2O5/c25-19-12-27(24(30)26-23(19)29)20-11-18(15-31-13-16-7-3-1-4-8-16)22(21(20)28)32-14-17-9-5-2-6-10-17/h1-10,12,18,20-22,28H,11,13-15H2,(H,26,29,30). The first-order valence-electron chi connectivity index (χ1n) is 10.5. The summed E-state index contributed by atoms with van der Waals surface area (Å²) in [5, 5.41) is 11.1. The average molecular weight is 548 g/mol. The molecular weight excluding hydrogens is 523 g/mol. The van der Waals surface area contributed by atoms with Crippen molar-refractivity contribution >= 4 is 22.6 Å². The summed E-state index contributed by atoms with van der Waals surface area (Å²) in [6.07, 6.45) is 0.574. The number of aliphatic hydroxyl groups excluding tert-OH is 1. The van der Waals surface area contributed by atoms with Crippen LogP contribution in [0.2, 0.25) is 0 Å². The predicted octanol–water partition coefficient (Wildman–Crippen LogP) is 2.87. The van der Waals surface area contributed by atoms with Gasteiger partial charge in [-0.3, -0.25) is 14.3 Å². The molecule has 2 aromatic carbocycles. The quantitative estimate of drug-likeness (QED) is 0.423. The monoisotopic (exact) mass is 548 g/mol. The Balaban J connectivity index is 1.51. The van der Waals surface area contributed by atoms with Crippen molar-refractivity contribution < 1.29 is 14.6 Å². The van der Waals surface area contributed by atoms with Crippen molar-refractivity contribution in [2.45, 2.75) is 37.9 Å². The lowest BCUT2D eigenvalue weighted by atomic mass is 10.1. The molecule has 0 aliphatic heterocycles. The van der Waals surface area contributed by atoms with Gasteiger partial charge in [0.05, 0.1) is 35.5 Å². The fraction of sp³-hybridized carbons (Fsp3) is 0.333. The van der Waals surface area contributed by atoms with Gasteiger partial charge in [-0.15, -0.1) is 0 Å². The number of nitrogens with zero attached hydrogens (tertiary/aromatic N) is 1. The molecule has 0 spiro atoms. The van der Waals surface area contributed by atoms with Crippen molar-refractivity contribution in [3.8, 4) is 0 Å². The van der Waals surface area contributed by atoms with E-state index in [9.17, 15) is 14.7 Å². The van der Waals surface area contributed by atoms with Gasteiger partial charge in [-0.25, -0.2) is 4.79 Å². The summed E-state index contributed by atoms with van der Waals surface area (Å²) in [6.45, 7) is 1.19. The number of rotatable bonds is 8. The maximum Gasteiger partial charge on any atom is 0.328 e. The molecule has 1 aliphatic rings. The summed E-state index contributed by atoms with van der Waals surface area (Å²) in [6, 6.07) is 19.1. The number of benzene rings is 2. The molecule has 7 nitrogen and oxygen atoms in total. The van der Waals surface area contributed by atoms with E-state index >= 15 is 0 Å². The Morgan fingerprint density at radius 3 is 2.28 bits per heavy atom. The van der Waals surface area contributed by atoms with E-state index in [1.165, 1.54) is 10.8 Å². The van der Waals surface area contributed by atoms with Crippen LogP contribution in [0.25, 0.3) is 0 Å². The van der Waals surface area contributed by atoms with Crippen LogP contribution in [0.4, 0.5) is 0 Å². The predicted molar refractivity (Wildman–Crippen MR) is 128 cm³/mol. The van der Waals surface area contributed by atoms with E-state index in [-0.39, 0.29) is 5.92 Å². The van der Waals surface area contributed by atoms with Crippen LogP contribution in [0.5, 0.6) is 0 Å². The van der Waals surface area contributed by atoms with Crippen molar-refractivity contribution in [3.63, 3.8) is 0 Å². The maximum atomic E-state index is 12.4. The molecule has 168 valence electrons.